The van der Waals surface area contributed by atoms with Crippen LogP contribution in [0.4, 0.5) is 5.82 Å². The maximum absolute atomic E-state index is 12.2. The molecule has 0 spiro atoms. The molecule has 0 aromatic carbocycles. The molecule has 0 saturated heterocycles. The van der Waals surface area contributed by atoms with Gasteiger partial charge in [-0.25, -0.2) is 15.0 Å². The highest BCUT2D eigenvalue weighted by Crippen LogP contribution is 2.11. The van der Waals surface area contributed by atoms with Crippen LogP contribution in [0.15, 0.2) is 47.9 Å². The third-order valence-corrected chi connectivity index (χ3v) is 3.33. The summed E-state index contributed by atoms with van der Waals surface area (Å²) >= 11 is 0. The van der Waals surface area contributed by atoms with Gasteiger partial charge < -0.3 is 9.88 Å². The second-order valence-electron chi connectivity index (χ2n) is 4.90. The molecule has 3 rings (SSSR count). The number of pyridine rings is 1. The van der Waals surface area contributed by atoms with Gasteiger partial charge in [0.15, 0.2) is 0 Å². The monoisotopic (exact) mass is 310 g/mol. The molecule has 0 aliphatic rings. The first-order chi connectivity index (χ1) is 11.1. The number of carbonyl (C=O) groups excluding carboxylic acids is 1. The predicted molar refractivity (Wildman–Crippen MR) is 83.5 cm³/mol. The SMILES string of the molecule is Cc1nccn1-c1cc(NC(=O)c2cccn(C)c2=O)ncn1. The molecule has 0 unspecified atom stereocenters. The number of aromatic nitrogens is 5. The molecule has 3 aromatic heterocycles. The van der Waals surface area contributed by atoms with Gasteiger partial charge in [-0.2, -0.15) is 0 Å². The second-order valence-corrected chi connectivity index (χ2v) is 4.90. The lowest BCUT2D eigenvalue weighted by Crippen LogP contribution is -2.27. The summed E-state index contributed by atoms with van der Waals surface area (Å²) in [7, 11) is 1.59. The quantitative estimate of drug-likeness (QED) is 0.776. The maximum Gasteiger partial charge on any atom is 0.263 e. The van der Waals surface area contributed by atoms with Crippen LogP contribution in [0.3, 0.4) is 0 Å². The van der Waals surface area contributed by atoms with Crippen LogP contribution in [0, 0.1) is 6.92 Å². The molecule has 23 heavy (non-hydrogen) atoms. The third kappa shape index (κ3) is 2.86. The van der Waals surface area contributed by atoms with E-state index in [9.17, 15) is 9.59 Å². The number of hydrogen-bond acceptors (Lipinski definition) is 5. The molecule has 3 heterocycles. The van der Waals surface area contributed by atoms with Crippen molar-refractivity contribution in [2.45, 2.75) is 6.92 Å². The summed E-state index contributed by atoms with van der Waals surface area (Å²) in [4.78, 5) is 36.5. The van der Waals surface area contributed by atoms with Gasteiger partial charge in [-0.3, -0.25) is 14.2 Å². The summed E-state index contributed by atoms with van der Waals surface area (Å²) < 4.78 is 3.11. The lowest BCUT2D eigenvalue weighted by molar-refractivity contribution is 0.102. The van der Waals surface area contributed by atoms with E-state index in [0.29, 0.717) is 11.6 Å². The summed E-state index contributed by atoms with van der Waals surface area (Å²) in [6.07, 6.45) is 6.34. The number of hydrogen-bond donors (Lipinski definition) is 1. The Morgan fingerprint density at radius 3 is 2.78 bits per heavy atom. The van der Waals surface area contributed by atoms with E-state index in [2.05, 4.69) is 20.3 Å². The number of carbonyl (C=O) groups is 1. The molecule has 0 atom stereocenters. The van der Waals surface area contributed by atoms with E-state index < -0.39 is 5.91 Å². The van der Waals surface area contributed by atoms with E-state index >= 15 is 0 Å². The van der Waals surface area contributed by atoms with Gasteiger partial charge in [0, 0.05) is 31.7 Å². The minimum absolute atomic E-state index is 0.0500. The van der Waals surface area contributed by atoms with Crippen molar-refractivity contribution >= 4 is 11.7 Å². The molecule has 0 aliphatic carbocycles. The molecular formula is C15H14N6O2. The Hall–Kier alpha value is -3.29. The van der Waals surface area contributed by atoms with Crippen molar-refractivity contribution in [3.05, 3.63) is 64.9 Å². The molecule has 0 radical (unpaired) electrons. The highest BCUT2D eigenvalue weighted by molar-refractivity contribution is 6.03. The molecule has 1 amide bonds. The number of aryl methyl sites for hydroxylation is 2. The summed E-state index contributed by atoms with van der Waals surface area (Å²) in [6, 6.07) is 4.72. The Bertz CT molecular complexity index is 927. The number of anilines is 1. The number of nitrogens with zero attached hydrogens (tertiary/aromatic N) is 5. The zero-order valence-electron chi connectivity index (χ0n) is 12.6. The topological polar surface area (TPSA) is 94.7 Å². The van der Waals surface area contributed by atoms with Gasteiger partial charge in [-0.15, -0.1) is 0 Å². The van der Waals surface area contributed by atoms with Crippen molar-refractivity contribution in [3.63, 3.8) is 0 Å². The van der Waals surface area contributed by atoms with Crippen LogP contribution in [0.1, 0.15) is 16.2 Å². The molecule has 1 N–H and O–H groups in total. The van der Waals surface area contributed by atoms with Crippen molar-refractivity contribution < 1.29 is 4.79 Å². The van der Waals surface area contributed by atoms with Gasteiger partial charge in [0.2, 0.25) is 0 Å². The van der Waals surface area contributed by atoms with Crippen LogP contribution in [0.5, 0.6) is 0 Å². The fraction of sp³-hybridized carbons (Fsp3) is 0.133. The molecule has 3 aromatic rings. The summed E-state index contributed by atoms with van der Waals surface area (Å²) in [6.45, 7) is 1.84. The van der Waals surface area contributed by atoms with E-state index in [0.717, 1.165) is 5.82 Å². The van der Waals surface area contributed by atoms with Gasteiger partial charge in [0.25, 0.3) is 11.5 Å². The zero-order valence-corrected chi connectivity index (χ0v) is 12.6. The summed E-state index contributed by atoms with van der Waals surface area (Å²) in [5, 5.41) is 2.61. The first-order valence-corrected chi connectivity index (χ1v) is 6.85. The summed E-state index contributed by atoms with van der Waals surface area (Å²) in [5.41, 5.74) is -0.321. The maximum atomic E-state index is 12.2. The van der Waals surface area contributed by atoms with Crippen LogP contribution >= 0.6 is 0 Å². The fourth-order valence-corrected chi connectivity index (χ4v) is 2.12. The Morgan fingerprint density at radius 1 is 1.22 bits per heavy atom. The minimum atomic E-state index is -0.516. The standard InChI is InChI=1S/C15H14N6O2/c1-10-16-5-7-21(10)13-8-12(17-9-18-13)19-14(22)11-4-3-6-20(2)15(11)23/h3-9H,1-2H3,(H,17,18,19,22). The van der Waals surface area contributed by atoms with Crippen LogP contribution < -0.4 is 10.9 Å². The van der Waals surface area contributed by atoms with Gasteiger partial charge in [-0.05, 0) is 19.1 Å². The van der Waals surface area contributed by atoms with Gasteiger partial charge in [-0.1, -0.05) is 0 Å². The van der Waals surface area contributed by atoms with Crippen LogP contribution in [-0.2, 0) is 7.05 Å². The molecule has 0 fully saturated rings. The van der Waals surface area contributed by atoms with E-state index in [4.69, 9.17) is 0 Å². The first-order valence-electron chi connectivity index (χ1n) is 6.85. The van der Waals surface area contributed by atoms with Crippen molar-refractivity contribution in [1.82, 2.24) is 24.1 Å². The van der Waals surface area contributed by atoms with Gasteiger partial charge in [0.05, 0.1) is 0 Å². The van der Waals surface area contributed by atoms with E-state index in [1.165, 1.54) is 17.0 Å². The molecule has 0 aliphatic heterocycles. The second kappa shape index (κ2) is 5.84. The number of rotatable bonds is 3. The van der Waals surface area contributed by atoms with Crippen LogP contribution in [0.25, 0.3) is 5.82 Å². The Morgan fingerprint density at radius 2 is 2.04 bits per heavy atom. The average molecular weight is 310 g/mol. The van der Waals surface area contributed by atoms with Crippen LogP contribution in [-0.4, -0.2) is 30.0 Å². The molecule has 8 heteroatoms. The number of nitrogens with one attached hydrogen (secondary N) is 1. The number of amides is 1. The molecule has 0 saturated carbocycles. The van der Waals surface area contributed by atoms with Crippen molar-refractivity contribution in [2.75, 3.05) is 5.32 Å². The molecular weight excluding hydrogens is 296 g/mol. The zero-order chi connectivity index (χ0) is 16.4. The van der Waals surface area contributed by atoms with Crippen LogP contribution in [0.2, 0.25) is 0 Å². The van der Waals surface area contributed by atoms with Crippen molar-refractivity contribution in [1.29, 1.82) is 0 Å². The average Bonchev–Trinajstić information content (AvgIpc) is 2.96. The molecule has 116 valence electrons. The molecule has 8 nitrogen and oxygen atoms in total. The first kappa shape index (κ1) is 14.6. The highest BCUT2D eigenvalue weighted by atomic mass is 16.2. The Balaban J connectivity index is 1.89. The van der Waals surface area contributed by atoms with Crippen molar-refractivity contribution in [2.24, 2.45) is 7.05 Å². The van der Waals surface area contributed by atoms with E-state index in [1.54, 1.807) is 42.3 Å². The summed E-state index contributed by atoms with van der Waals surface area (Å²) in [5.74, 6) is 1.13. The lowest BCUT2D eigenvalue weighted by atomic mass is 10.2. The van der Waals surface area contributed by atoms with Gasteiger partial charge >= 0.3 is 0 Å². The fourth-order valence-electron chi connectivity index (χ4n) is 2.12. The Kier molecular flexibility index (Phi) is 3.71. The third-order valence-electron chi connectivity index (χ3n) is 3.33. The lowest BCUT2D eigenvalue weighted by Gasteiger charge is -2.07. The molecule has 0 bridgehead atoms. The predicted octanol–water partition coefficient (Wildman–Crippen LogP) is 0.922. The normalized spacial score (nSPS) is 10.5. The highest BCUT2D eigenvalue weighted by Gasteiger charge is 2.13. The minimum Gasteiger partial charge on any atom is -0.318 e. The number of imidazole rings is 1. The van der Waals surface area contributed by atoms with Crippen molar-refractivity contribution in [3.8, 4) is 5.82 Å². The van der Waals surface area contributed by atoms with E-state index in [1.807, 2.05) is 6.92 Å². The van der Waals surface area contributed by atoms with Gasteiger partial charge in [0.1, 0.15) is 29.4 Å². The smallest absolute Gasteiger partial charge is 0.263 e. The van der Waals surface area contributed by atoms with E-state index in [-0.39, 0.29) is 11.1 Å². The largest absolute Gasteiger partial charge is 0.318 e. The Labute approximate surface area is 131 Å².